The number of morpholine rings is 1. The predicted octanol–water partition coefficient (Wildman–Crippen LogP) is 1.72. The van der Waals surface area contributed by atoms with Gasteiger partial charge in [-0.2, -0.15) is 0 Å². The minimum atomic E-state index is -0.0226. The topological polar surface area (TPSA) is 47.7 Å². The third-order valence-corrected chi connectivity index (χ3v) is 3.43. The van der Waals surface area contributed by atoms with Gasteiger partial charge in [0.1, 0.15) is 18.5 Å². The van der Waals surface area contributed by atoms with Gasteiger partial charge in [0, 0.05) is 24.7 Å². The molecule has 1 unspecified atom stereocenters. The normalized spacial score (nSPS) is 22.2. The molecule has 1 aliphatic heterocycles. The van der Waals surface area contributed by atoms with Crippen molar-refractivity contribution in [3.63, 3.8) is 0 Å². The van der Waals surface area contributed by atoms with E-state index < -0.39 is 0 Å². The second-order valence-corrected chi connectivity index (χ2v) is 5.40. The van der Waals surface area contributed by atoms with E-state index in [0.29, 0.717) is 6.61 Å². The number of nitrogens with two attached hydrogens (primary N) is 1. The van der Waals surface area contributed by atoms with Crippen LogP contribution in [0.5, 0.6) is 5.75 Å². The van der Waals surface area contributed by atoms with Gasteiger partial charge >= 0.3 is 0 Å². The van der Waals surface area contributed by atoms with Gasteiger partial charge in [0.15, 0.2) is 0 Å². The van der Waals surface area contributed by atoms with E-state index in [9.17, 15) is 0 Å². The fraction of sp³-hybridized carbons (Fsp3) is 0.600. The van der Waals surface area contributed by atoms with Gasteiger partial charge in [-0.05, 0) is 32.5 Å². The van der Waals surface area contributed by atoms with Gasteiger partial charge in [0.05, 0.1) is 6.61 Å². The number of hydrogen-bond acceptors (Lipinski definition) is 4. The van der Waals surface area contributed by atoms with E-state index >= 15 is 0 Å². The van der Waals surface area contributed by atoms with Gasteiger partial charge in [-0.1, -0.05) is 12.1 Å². The summed E-state index contributed by atoms with van der Waals surface area (Å²) < 4.78 is 11.6. The summed E-state index contributed by atoms with van der Waals surface area (Å²) in [6, 6.07) is 6.13. The third kappa shape index (κ3) is 3.93. The van der Waals surface area contributed by atoms with Gasteiger partial charge in [0.25, 0.3) is 0 Å². The molecule has 0 spiro atoms. The molecule has 4 nitrogen and oxygen atoms in total. The average molecular weight is 264 g/mol. The van der Waals surface area contributed by atoms with Crippen molar-refractivity contribution in [1.82, 2.24) is 4.90 Å². The van der Waals surface area contributed by atoms with E-state index in [1.165, 1.54) is 5.56 Å². The molecular formula is C15H24N2O2. The highest BCUT2D eigenvalue weighted by Crippen LogP contribution is 2.25. The zero-order valence-electron chi connectivity index (χ0n) is 12.1. The summed E-state index contributed by atoms with van der Waals surface area (Å²) in [5, 5.41) is 0. The van der Waals surface area contributed by atoms with Gasteiger partial charge in [-0.15, -0.1) is 0 Å². The molecule has 1 aromatic rings. The zero-order valence-corrected chi connectivity index (χ0v) is 12.1. The van der Waals surface area contributed by atoms with Crippen LogP contribution in [0.15, 0.2) is 18.2 Å². The van der Waals surface area contributed by atoms with Crippen LogP contribution < -0.4 is 10.5 Å². The van der Waals surface area contributed by atoms with Gasteiger partial charge in [0.2, 0.25) is 0 Å². The van der Waals surface area contributed by atoms with E-state index in [-0.39, 0.29) is 12.1 Å². The van der Waals surface area contributed by atoms with E-state index in [4.69, 9.17) is 15.2 Å². The summed E-state index contributed by atoms with van der Waals surface area (Å²) in [4.78, 5) is 2.26. The van der Waals surface area contributed by atoms with Crippen molar-refractivity contribution in [1.29, 1.82) is 0 Å². The second kappa shape index (κ2) is 6.37. The fourth-order valence-corrected chi connectivity index (χ4v) is 2.29. The molecule has 1 fully saturated rings. The molecular weight excluding hydrogens is 240 g/mol. The van der Waals surface area contributed by atoms with Gasteiger partial charge in [-0.25, -0.2) is 0 Å². The van der Waals surface area contributed by atoms with Gasteiger partial charge in [-0.3, -0.25) is 0 Å². The Bertz CT molecular complexity index is 421. The number of hydrogen-bond donors (Lipinski definition) is 1. The van der Waals surface area contributed by atoms with Crippen LogP contribution in [0.1, 0.15) is 24.1 Å². The maximum absolute atomic E-state index is 5.98. The highest BCUT2D eigenvalue weighted by molar-refractivity contribution is 5.38. The minimum Gasteiger partial charge on any atom is -0.490 e. The summed E-state index contributed by atoms with van der Waals surface area (Å²) in [6.45, 7) is 7.29. The monoisotopic (exact) mass is 264 g/mol. The van der Waals surface area contributed by atoms with Crippen molar-refractivity contribution in [2.45, 2.75) is 26.0 Å². The lowest BCUT2D eigenvalue weighted by atomic mass is 10.1. The van der Waals surface area contributed by atoms with E-state index in [1.54, 1.807) is 0 Å². The Morgan fingerprint density at radius 3 is 3.00 bits per heavy atom. The van der Waals surface area contributed by atoms with Crippen LogP contribution in [-0.2, 0) is 4.74 Å². The van der Waals surface area contributed by atoms with Crippen molar-refractivity contribution in [2.24, 2.45) is 5.73 Å². The van der Waals surface area contributed by atoms with E-state index in [0.717, 1.165) is 31.0 Å². The summed E-state index contributed by atoms with van der Waals surface area (Å²) in [7, 11) is 2.11. The molecule has 2 rings (SSSR count). The number of ether oxygens (including phenoxy) is 2. The molecule has 2 atom stereocenters. The largest absolute Gasteiger partial charge is 0.490 e. The zero-order chi connectivity index (χ0) is 13.8. The summed E-state index contributed by atoms with van der Waals surface area (Å²) in [5.74, 6) is 0.881. The van der Waals surface area contributed by atoms with Crippen LogP contribution in [0.2, 0.25) is 0 Å². The molecule has 0 bridgehead atoms. The highest BCUT2D eigenvalue weighted by Gasteiger charge is 2.19. The Kier molecular flexibility index (Phi) is 4.80. The van der Waals surface area contributed by atoms with E-state index in [2.05, 4.69) is 24.9 Å². The number of nitrogens with zero attached hydrogens (tertiary/aromatic N) is 1. The minimum absolute atomic E-state index is 0.0226. The lowest BCUT2D eigenvalue weighted by molar-refractivity contribution is -0.0405. The van der Waals surface area contributed by atoms with Crippen LogP contribution in [0.4, 0.5) is 0 Å². The Morgan fingerprint density at radius 2 is 2.32 bits per heavy atom. The molecule has 0 radical (unpaired) electrons. The maximum Gasteiger partial charge on any atom is 0.124 e. The predicted molar refractivity (Wildman–Crippen MR) is 76.5 cm³/mol. The molecule has 0 aromatic heterocycles. The number of benzene rings is 1. The Balaban J connectivity index is 2.00. The van der Waals surface area contributed by atoms with Crippen molar-refractivity contribution in [3.05, 3.63) is 29.3 Å². The van der Waals surface area contributed by atoms with Crippen LogP contribution in [0.3, 0.4) is 0 Å². The Morgan fingerprint density at radius 1 is 1.53 bits per heavy atom. The first-order valence-corrected chi connectivity index (χ1v) is 6.85. The summed E-state index contributed by atoms with van der Waals surface area (Å²) >= 11 is 0. The first-order valence-electron chi connectivity index (χ1n) is 6.85. The Hall–Kier alpha value is -1.10. The standard InChI is InChI=1S/C15H24N2O2/c1-11-4-5-14(12(2)16)15(8-11)19-10-13-9-17(3)6-7-18-13/h4-5,8,12-13H,6-7,9-10,16H2,1-3H3/t12-,13?/m0/s1. The van der Waals surface area contributed by atoms with Crippen molar-refractivity contribution in [2.75, 3.05) is 33.4 Å². The quantitative estimate of drug-likeness (QED) is 0.899. The maximum atomic E-state index is 5.98. The fourth-order valence-electron chi connectivity index (χ4n) is 2.29. The highest BCUT2D eigenvalue weighted by atomic mass is 16.5. The molecule has 0 amide bonds. The molecule has 1 aliphatic rings. The van der Waals surface area contributed by atoms with Crippen LogP contribution in [0, 0.1) is 6.92 Å². The van der Waals surface area contributed by atoms with Crippen LogP contribution in [-0.4, -0.2) is 44.4 Å². The SMILES string of the molecule is Cc1ccc([C@H](C)N)c(OCC2CN(C)CCO2)c1. The second-order valence-electron chi connectivity index (χ2n) is 5.40. The van der Waals surface area contributed by atoms with Crippen molar-refractivity contribution < 1.29 is 9.47 Å². The first-order chi connectivity index (χ1) is 9.06. The molecule has 0 aliphatic carbocycles. The van der Waals surface area contributed by atoms with Crippen LogP contribution >= 0.6 is 0 Å². The molecule has 106 valence electrons. The molecule has 0 saturated carbocycles. The lowest BCUT2D eigenvalue weighted by Gasteiger charge is -2.30. The van der Waals surface area contributed by atoms with E-state index in [1.807, 2.05) is 19.1 Å². The lowest BCUT2D eigenvalue weighted by Crippen LogP contribution is -2.42. The molecule has 19 heavy (non-hydrogen) atoms. The smallest absolute Gasteiger partial charge is 0.124 e. The molecule has 2 N–H and O–H groups in total. The third-order valence-electron chi connectivity index (χ3n) is 3.43. The average Bonchev–Trinajstić information content (AvgIpc) is 2.36. The molecule has 1 heterocycles. The van der Waals surface area contributed by atoms with Gasteiger partial charge < -0.3 is 20.1 Å². The number of aryl methyl sites for hydroxylation is 1. The number of likely N-dealkylation sites (N-methyl/N-ethyl adjacent to an activating group) is 1. The Labute approximate surface area is 115 Å². The summed E-state index contributed by atoms with van der Waals surface area (Å²) in [5.41, 5.74) is 8.21. The summed E-state index contributed by atoms with van der Waals surface area (Å²) in [6.07, 6.45) is 0.139. The number of rotatable bonds is 4. The first kappa shape index (κ1) is 14.3. The molecule has 4 heteroatoms. The van der Waals surface area contributed by atoms with Crippen molar-refractivity contribution in [3.8, 4) is 5.75 Å². The molecule has 1 aromatic carbocycles. The van der Waals surface area contributed by atoms with Crippen LogP contribution in [0.25, 0.3) is 0 Å². The molecule has 1 saturated heterocycles. The van der Waals surface area contributed by atoms with Crippen molar-refractivity contribution >= 4 is 0 Å².